The minimum atomic E-state index is -0.479. The standard InChI is InChI=1S/C14H17N3O2/c18-8-14(4-5-14)13(19)15-6-3-10-1-2-11-12(7-10)17-9-16-11/h1-2,7,9,18H,3-6,8H2,(H,15,19)(H,16,17). The first kappa shape index (κ1) is 12.2. The molecule has 1 aromatic carbocycles. The van der Waals surface area contributed by atoms with Crippen molar-refractivity contribution < 1.29 is 9.90 Å². The second-order valence-corrected chi connectivity index (χ2v) is 5.20. The molecule has 1 aromatic heterocycles. The van der Waals surface area contributed by atoms with Crippen LogP contribution in [0.2, 0.25) is 0 Å². The topological polar surface area (TPSA) is 78.0 Å². The van der Waals surface area contributed by atoms with Gasteiger partial charge < -0.3 is 15.4 Å². The minimum Gasteiger partial charge on any atom is -0.395 e. The number of carbonyl (C=O) groups is 1. The van der Waals surface area contributed by atoms with Crippen molar-refractivity contribution in [3.8, 4) is 0 Å². The van der Waals surface area contributed by atoms with Crippen LogP contribution < -0.4 is 5.32 Å². The highest BCUT2D eigenvalue weighted by Crippen LogP contribution is 2.45. The Hall–Kier alpha value is -1.88. The van der Waals surface area contributed by atoms with Gasteiger partial charge in [0.25, 0.3) is 0 Å². The predicted molar refractivity (Wildman–Crippen MR) is 71.6 cm³/mol. The number of aliphatic hydroxyl groups is 1. The third-order valence-electron chi connectivity index (χ3n) is 3.82. The summed E-state index contributed by atoms with van der Waals surface area (Å²) in [6, 6.07) is 6.04. The number of H-pyrrole nitrogens is 1. The van der Waals surface area contributed by atoms with Gasteiger partial charge in [-0.05, 0) is 37.0 Å². The van der Waals surface area contributed by atoms with E-state index in [1.165, 1.54) is 0 Å². The largest absolute Gasteiger partial charge is 0.395 e. The van der Waals surface area contributed by atoms with Crippen molar-refractivity contribution in [3.05, 3.63) is 30.1 Å². The summed E-state index contributed by atoms with van der Waals surface area (Å²) in [5.74, 6) is -0.0161. The quantitative estimate of drug-likeness (QED) is 0.749. The summed E-state index contributed by atoms with van der Waals surface area (Å²) in [6.07, 6.45) is 4.06. The van der Waals surface area contributed by atoms with Crippen LogP contribution in [0.3, 0.4) is 0 Å². The van der Waals surface area contributed by atoms with Crippen LogP contribution in [0.25, 0.3) is 11.0 Å². The van der Waals surface area contributed by atoms with Gasteiger partial charge in [0, 0.05) is 6.54 Å². The van der Waals surface area contributed by atoms with Crippen LogP contribution in [0.15, 0.2) is 24.5 Å². The van der Waals surface area contributed by atoms with E-state index in [0.29, 0.717) is 6.54 Å². The molecule has 1 saturated carbocycles. The lowest BCUT2D eigenvalue weighted by molar-refractivity contribution is -0.127. The van der Waals surface area contributed by atoms with Gasteiger partial charge >= 0.3 is 0 Å². The smallest absolute Gasteiger partial charge is 0.228 e. The number of aliphatic hydroxyl groups excluding tert-OH is 1. The van der Waals surface area contributed by atoms with Gasteiger partial charge in [0.05, 0.1) is 29.4 Å². The van der Waals surface area contributed by atoms with Crippen molar-refractivity contribution in [1.82, 2.24) is 15.3 Å². The van der Waals surface area contributed by atoms with Gasteiger partial charge in [-0.15, -0.1) is 0 Å². The number of hydrogen-bond donors (Lipinski definition) is 3. The van der Waals surface area contributed by atoms with E-state index in [-0.39, 0.29) is 12.5 Å². The van der Waals surface area contributed by atoms with E-state index in [4.69, 9.17) is 5.11 Å². The molecule has 100 valence electrons. The molecular formula is C14H17N3O2. The molecule has 1 fully saturated rings. The Morgan fingerprint density at radius 2 is 2.32 bits per heavy atom. The van der Waals surface area contributed by atoms with Crippen molar-refractivity contribution in [2.45, 2.75) is 19.3 Å². The second-order valence-electron chi connectivity index (χ2n) is 5.20. The molecule has 1 heterocycles. The molecule has 0 saturated heterocycles. The Morgan fingerprint density at radius 1 is 1.47 bits per heavy atom. The average Bonchev–Trinajstić information content (AvgIpc) is 3.10. The monoisotopic (exact) mass is 259 g/mol. The number of nitrogens with zero attached hydrogens (tertiary/aromatic N) is 1. The van der Waals surface area contributed by atoms with Crippen LogP contribution >= 0.6 is 0 Å². The van der Waals surface area contributed by atoms with E-state index in [0.717, 1.165) is 35.9 Å². The summed E-state index contributed by atoms with van der Waals surface area (Å²) in [6.45, 7) is 0.555. The first-order valence-electron chi connectivity index (χ1n) is 6.55. The highest BCUT2D eigenvalue weighted by molar-refractivity contribution is 5.85. The molecule has 0 unspecified atom stereocenters. The zero-order valence-corrected chi connectivity index (χ0v) is 10.6. The highest BCUT2D eigenvalue weighted by atomic mass is 16.3. The predicted octanol–water partition coefficient (Wildman–Crippen LogP) is 0.994. The van der Waals surface area contributed by atoms with Crippen LogP contribution in [-0.4, -0.2) is 34.1 Å². The number of rotatable bonds is 5. The van der Waals surface area contributed by atoms with Crippen LogP contribution in [0.5, 0.6) is 0 Å². The van der Waals surface area contributed by atoms with Crippen LogP contribution in [0.1, 0.15) is 18.4 Å². The van der Waals surface area contributed by atoms with Crippen molar-refractivity contribution in [1.29, 1.82) is 0 Å². The minimum absolute atomic E-state index is 0.0161. The third-order valence-corrected chi connectivity index (χ3v) is 3.82. The molecular weight excluding hydrogens is 242 g/mol. The molecule has 0 radical (unpaired) electrons. The lowest BCUT2D eigenvalue weighted by atomic mass is 10.1. The van der Waals surface area contributed by atoms with Gasteiger partial charge in [0.2, 0.25) is 5.91 Å². The van der Waals surface area contributed by atoms with E-state index in [1.807, 2.05) is 18.2 Å². The molecule has 0 atom stereocenters. The Labute approximate surface area is 111 Å². The fourth-order valence-electron chi connectivity index (χ4n) is 2.25. The normalized spacial score (nSPS) is 16.5. The maximum absolute atomic E-state index is 11.8. The zero-order valence-electron chi connectivity index (χ0n) is 10.6. The summed E-state index contributed by atoms with van der Waals surface area (Å²) in [5, 5.41) is 12.1. The fourth-order valence-corrected chi connectivity index (χ4v) is 2.25. The average molecular weight is 259 g/mol. The van der Waals surface area contributed by atoms with E-state index in [1.54, 1.807) is 6.33 Å². The van der Waals surface area contributed by atoms with Gasteiger partial charge in [-0.1, -0.05) is 6.07 Å². The number of nitrogens with one attached hydrogen (secondary N) is 2. The molecule has 19 heavy (non-hydrogen) atoms. The number of fused-ring (bicyclic) bond motifs is 1. The summed E-state index contributed by atoms with van der Waals surface area (Å²) in [5.41, 5.74) is 2.64. The first-order valence-corrected chi connectivity index (χ1v) is 6.55. The van der Waals surface area contributed by atoms with Gasteiger partial charge in [0.1, 0.15) is 0 Å². The number of aromatic nitrogens is 2. The molecule has 0 bridgehead atoms. The number of imidazole rings is 1. The molecule has 3 N–H and O–H groups in total. The van der Waals surface area contributed by atoms with Crippen molar-refractivity contribution in [3.63, 3.8) is 0 Å². The van der Waals surface area contributed by atoms with Gasteiger partial charge in [-0.3, -0.25) is 4.79 Å². The van der Waals surface area contributed by atoms with E-state index < -0.39 is 5.41 Å². The van der Waals surface area contributed by atoms with Crippen molar-refractivity contribution in [2.75, 3.05) is 13.2 Å². The fraction of sp³-hybridized carbons (Fsp3) is 0.429. The van der Waals surface area contributed by atoms with Crippen LogP contribution in [0.4, 0.5) is 0 Å². The van der Waals surface area contributed by atoms with E-state index in [2.05, 4.69) is 15.3 Å². The summed E-state index contributed by atoms with van der Waals surface area (Å²) in [4.78, 5) is 19.1. The molecule has 5 heteroatoms. The Kier molecular flexibility index (Phi) is 2.98. The molecule has 0 spiro atoms. The maximum Gasteiger partial charge on any atom is 0.228 e. The summed E-state index contributed by atoms with van der Waals surface area (Å²) in [7, 11) is 0. The number of carbonyl (C=O) groups excluding carboxylic acids is 1. The zero-order chi connectivity index (χ0) is 13.3. The number of amides is 1. The molecule has 1 aliphatic carbocycles. The molecule has 0 aliphatic heterocycles. The summed E-state index contributed by atoms with van der Waals surface area (Å²) < 4.78 is 0. The van der Waals surface area contributed by atoms with Gasteiger partial charge in [-0.25, -0.2) is 4.98 Å². The SMILES string of the molecule is O=C(NCCc1ccc2nc[nH]c2c1)C1(CO)CC1. The summed E-state index contributed by atoms with van der Waals surface area (Å²) >= 11 is 0. The first-order chi connectivity index (χ1) is 9.23. The maximum atomic E-state index is 11.8. The number of hydrogen-bond acceptors (Lipinski definition) is 3. The Bertz CT molecular complexity index is 602. The highest BCUT2D eigenvalue weighted by Gasteiger charge is 2.49. The molecule has 5 nitrogen and oxygen atoms in total. The van der Waals surface area contributed by atoms with Crippen molar-refractivity contribution >= 4 is 16.9 Å². The number of aromatic amines is 1. The third kappa shape index (κ3) is 2.33. The molecule has 1 amide bonds. The van der Waals surface area contributed by atoms with Crippen molar-refractivity contribution in [2.24, 2.45) is 5.41 Å². The van der Waals surface area contributed by atoms with E-state index in [9.17, 15) is 4.79 Å². The second kappa shape index (κ2) is 4.66. The molecule has 3 rings (SSSR count). The lowest BCUT2D eigenvalue weighted by Crippen LogP contribution is -2.35. The van der Waals surface area contributed by atoms with Gasteiger partial charge in [0.15, 0.2) is 0 Å². The lowest BCUT2D eigenvalue weighted by Gasteiger charge is -2.12. The Morgan fingerprint density at radius 3 is 3.05 bits per heavy atom. The number of benzene rings is 1. The molecule has 2 aromatic rings. The van der Waals surface area contributed by atoms with Crippen LogP contribution in [-0.2, 0) is 11.2 Å². The van der Waals surface area contributed by atoms with E-state index >= 15 is 0 Å². The molecule has 1 aliphatic rings. The van der Waals surface area contributed by atoms with Crippen LogP contribution in [0, 0.1) is 5.41 Å². The Balaban J connectivity index is 1.56. The van der Waals surface area contributed by atoms with Gasteiger partial charge in [-0.2, -0.15) is 0 Å².